The first-order chi connectivity index (χ1) is 7.68. The van der Waals surface area contributed by atoms with Crippen molar-refractivity contribution in [3.8, 4) is 11.8 Å². The van der Waals surface area contributed by atoms with E-state index in [1.54, 1.807) is 6.92 Å². The molecular formula is C10H12N4O2. The number of hydrogen-bond acceptors (Lipinski definition) is 5. The molecule has 0 aliphatic rings. The van der Waals surface area contributed by atoms with Crippen LogP contribution >= 0.6 is 0 Å². The van der Waals surface area contributed by atoms with E-state index in [0.29, 0.717) is 24.5 Å². The highest BCUT2D eigenvalue weighted by Gasteiger charge is 1.95. The number of aliphatic carboxylic acids is 1. The van der Waals surface area contributed by atoms with E-state index in [9.17, 15) is 4.79 Å². The van der Waals surface area contributed by atoms with Gasteiger partial charge >= 0.3 is 5.97 Å². The number of unbranched alkanes of at least 4 members (excludes halogenated alkanes) is 2. The van der Waals surface area contributed by atoms with Gasteiger partial charge in [0, 0.05) is 12.8 Å². The van der Waals surface area contributed by atoms with Gasteiger partial charge in [-0.15, -0.1) is 20.4 Å². The van der Waals surface area contributed by atoms with E-state index in [0.717, 1.165) is 6.42 Å². The summed E-state index contributed by atoms with van der Waals surface area (Å²) in [5, 5.41) is 23.3. The highest BCUT2D eigenvalue weighted by molar-refractivity contribution is 5.66. The highest BCUT2D eigenvalue weighted by atomic mass is 16.4. The summed E-state index contributed by atoms with van der Waals surface area (Å²) in [7, 11) is 0. The summed E-state index contributed by atoms with van der Waals surface area (Å²) in [5.41, 5.74) is 0. The zero-order valence-corrected chi connectivity index (χ0v) is 8.97. The van der Waals surface area contributed by atoms with Crippen LogP contribution in [0.3, 0.4) is 0 Å². The van der Waals surface area contributed by atoms with Gasteiger partial charge in [-0.2, -0.15) is 0 Å². The van der Waals surface area contributed by atoms with Crippen LogP contribution in [0.25, 0.3) is 0 Å². The number of hydrogen-bond donors (Lipinski definition) is 1. The van der Waals surface area contributed by atoms with Gasteiger partial charge in [-0.05, 0) is 25.7 Å². The lowest BCUT2D eigenvalue weighted by Crippen LogP contribution is -1.98. The Morgan fingerprint density at radius 3 is 2.56 bits per heavy atom. The van der Waals surface area contributed by atoms with Crippen LogP contribution in [0.2, 0.25) is 0 Å². The third kappa shape index (κ3) is 5.00. The molecule has 0 aromatic carbocycles. The van der Waals surface area contributed by atoms with E-state index < -0.39 is 5.97 Å². The van der Waals surface area contributed by atoms with Gasteiger partial charge in [0.1, 0.15) is 0 Å². The van der Waals surface area contributed by atoms with Gasteiger partial charge in [-0.3, -0.25) is 4.79 Å². The van der Waals surface area contributed by atoms with E-state index in [4.69, 9.17) is 5.11 Å². The van der Waals surface area contributed by atoms with Crippen LogP contribution in [0.15, 0.2) is 0 Å². The van der Waals surface area contributed by atoms with Gasteiger partial charge in [0.2, 0.25) is 5.82 Å². The van der Waals surface area contributed by atoms with Crippen molar-refractivity contribution in [3.63, 3.8) is 0 Å². The largest absolute Gasteiger partial charge is 0.481 e. The molecule has 0 aliphatic carbocycles. The summed E-state index contributed by atoms with van der Waals surface area (Å²) in [5.74, 6) is 5.59. The number of aryl methyl sites for hydroxylation is 1. The summed E-state index contributed by atoms with van der Waals surface area (Å²) in [6, 6.07) is 0. The van der Waals surface area contributed by atoms with Gasteiger partial charge in [-0.1, -0.05) is 5.92 Å². The first-order valence-electron chi connectivity index (χ1n) is 4.93. The molecule has 84 valence electrons. The molecule has 0 bridgehead atoms. The standard InChI is InChI=1S/C10H12N4O2/c1-8-11-13-9(14-12-8)6-4-2-3-5-7-10(15)16/h2-3,5,7H2,1H3,(H,15,16). The van der Waals surface area contributed by atoms with Crippen LogP contribution in [0.1, 0.15) is 37.3 Å². The molecule has 0 unspecified atom stereocenters. The van der Waals surface area contributed by atoms with E-state index in [1.807, 2.05) is 0 Å². The van der Waals surface area contributed by atoms with Gasteiger partial charge < -0.3 is 5.11 Å². The third-order valence-electron chi connectivity index (χ3n) is 1.72. The molecule has 1 heterocycles. The van der Waals surface area contributed by atoms with Crippen molar-refractivity contribution in [2.75, 3.05) is 0 Å². The first-order valence-corrected chi connectivity index (χ1v) is 4.93. The SMILES string of the molecule is Cc1nnc(C#CCCCCC(=O)O)nn1. The molecule has 1 aromatic rings. The molecule has 1 aromatic heterocycles. The summed E-state index contributed by atoms with van der Waals surface area (Å²) in [6.45, 7) is 1.70. The van der Waals surface area contributed by atoms with Crippen LogP contribution in [0.4, 0.5) is 0 Å². The Bertz CT molecular complexity index is 405. The average Bonchev–Trinajstić information content (AvgIpc) is 2.25. The lowest BCUT2D eigenvalue weighted by atomic mass is 10.2. The Hall–Kier alpha value is -2.03. The van der Waals surface area contributed by atoms with E-state index in [1.165, 1.54) is 0 Å². The van der Waals surface area contributed by atoms with Crippen LogP contribution < -0.4 is 0 Å². The Morgan fingerprint density at radius 2 is 1.94 bits per heavy atom. The van der Waals surface area contributed by atoms with Crippen LogP contribution in [0, 0.1) is 18.8 Å². The zero-order chi connectivity index (χ0) is 11.8. The lowest BCUT2D eigenvalue weighted by molar-refractivity contribution is -0.137. The molecule has 0 fully saturated rings. The maximum absolute atomic E-state index is 10.2. The molecule has 0 radical (unpaired) electrons. The third-order valence-corrected chi connectivity index (χ3v) is 1.72. The topological polar surface area (TPSA) is 88.9 Å². The molecule has 0 amide bonds. The van der Waals surface area contributed by atoms with E-state index in [2.05, 4.69) is 32.2 Å². The number of carboxylic acid groups (broad SMARTS) is 1. The molecule has 6 heteroatoms. The van der Waals surface area contributed by atoms with E-state index >= 15 is 0 Å². The summed E-state index contributed by atoms with van der Waals surface area (Å²) in [6.07, 6.45) is 2.21. The summed E-state index contributed by atoms with van der Waals surface area (Å²) in [4.78, 5) is 10.2. The second kappa shape index (κ2) is 6.45. The molecule has 1 rings (SSSR count). The predicted molar refractivity (Wildman–Crippen MR) is 55.3 cm³/mol. The molecule has 1 N–H and O–H groups in total. The normalized spacial score (nSPS) is 9.31. The predicted octanol–water partition coefficient (Wildman–Crippen LogP) is 0.572. The van der Waals surface area contributed by atoms with Crippen LogP contribution in [0.5, 0.6) is 0 Å². The molecule has 0 saturated carbocycles. The van der Waals surface area contributed by atoms with Gasteiger partial charge in [-0.25, -0.2) is 0 Å². The van der Waals surface area contributed by atoms with Crippen LogP contribution in [-0.2, 0) is 4.79 Å². The fourth-order valence-corrected chi connectivity index (χ4v) is 0.961. The smallest absolute Gasteiger partial charge is 0.303 e. The van der Waals surface area contributed by atoms with Crippen molar-refractivity contribution in [2.45, 2.75) is 32.6 Å². The number of carbonyl (C=O) groups is 1. The Kier molecular flexibility index (Phi) is 4.86. The average molecular weight is 220 g/mol. The fourth-order valence-electron chi connectivity index (χ4n) is 0.961. The van der Waals surface area contributed by atoms with Crippen molar-refractivity contribution >= 4 is 5.97 Å². The molecule has 0 aliphatic heterocycles. The van der Waals surface area contributed by atoms with Crippen molar-refractivity contribution in [1.82, 2.24) is 20.4 Å². The fraction of sp³-hybridized carbons (Fsp3) is 0.500. The molecule has 6 nitrogen and oxygen atoms in total. The Labute approximate surface area is 93.1 Å². The first kappa shape index (κ1) is 12.0. The van der Waals surface area contributed by atoms with Gasteiger partial charge in [0.25, 0.3) is 0 Å². The van der Waals surface area contributed by atoms with Crippen molar-refractivity contribution < 1.29 is 9.90 Å². The van der Waals surface area contributed by atoms with Gasteiger partial charge in [0.15, 0.2) is 5.82 Å². The Balaban J connectivity index is 2.27. The molecule has 0 atom stereocenters. The lowest BCUT2D eigenvalue weighted by Gasteiger charge is -1.91. The highest BCUT2D eigenvalue weighted by Crippen LogP contribution is 1.98. The van der Waals surface area contributed by atoms with Crippen LogP contribution in [-0.4, -0.2) is 31.5 Å². The van der Waals surface area contributed by atoms with Crippen molar-refractivity contribution in [2.24, 2.45) is 0 Å². The zero-order valence-electron chi connectivity index (χ0n) is 8.97. The molecule has 0 spiro atoms. The minimum absolute atomic E-state index is 0.186. The number of rotatable bonds is 4. The molecular weight excluding hydrogens is 208 g/mol. The second-order valence-corrected chi connectivity index (χ2v) is 3.17. The molecule has 0 saturated heterocycles. The molecule has 16 heavy (non-hydrogen) atoms. The number of carboxylic acids is 1. The monoisotopic (exact) mass is 220 g/mol. The number of nitrogens with zero attached hydrogens (tertiary/aromatic N) is 4. The maximum atomic E-state index is 10.2. The minimum atomic E-state index is -0.775. The Morgan fingerprint density at radius 1 is 1.25 bits per heavy atom. The number of aromatic nitrogens is 4. The van der Waals surface area contributed by atoms with Crippen molar-refractivity contribution in [1.29, 1.82) is 0 Å². The maximum Gasteiger partial charge on any atom is 0.303 e. The second-order valence-electron chi connectivity index (χ2n) is 3.17. The summed E-state index contributed by atoms with van der Waals surface area (Å²) < 4.78 is 0. The quantitative estimate of drug-likeness (QED) is 0.589. The van der Waals surface area contributed by atoms with Crippen molar-refractivity contribution in [3.05, 3.63) is 11.6 Å². The van der Waals surface area contributed by atoms with E-state index in [-0.39, 0.29) is 6.42 Å². The summed E-state index contributed by atoms with van der Waals surface area (Å²) >= 11 is 0. The van der Waals surface area contributed by atoms with Gasteiger partial charge in [0.05, 0.1) is 0 Å². The minimum Gasteiger partial charge on any atom is -0.481 e.